The van der Waals surface area contributed by atoms with E-state index in [-0.39, 0.29) is 17.6 Å². The highest BCUT2D eigenvalue weighted by Gasteiger charge is 2.22. The maximum absolute atomic E-state index is 13.6. The summed E-state index contributed by atoms with van der Waals surface area (Å²) in [6, 6.07) is 4.42. The highest BCUT2D eigenvalue weighted by atomic mass is 32.2. The second-order valence-electron chi connectivity index (χ2n) is 5.60. The van der Waals surface area contributed by atoms with Crippen molar-refractivity contribution >= 4 is 23.4 Å². The largest absolute Gasteiger partial charge is 0.329 e. The third-order valence-electron chi connectivity index (χ3n) is 3.85. The van der Waals surface area contributed by atoms with Gasteiger partial charge in [-0.3, -0.25) is 4.79 Å². The smallest absolute Gasteiger partial charge is 0.228 e. The average Bonchev–Trinajstić information content (AvgIpc) is 2.96. The van der Waals surface area contributed by atoms with Crippen LogP contribution >= 0.6 is 11.8 Å². The highest BCUT2D eigenvalue weighted by molar-refractivity contribution is 7.99. The molecule has 1 aromatic carbocycles. The zero-order valence-electron chi connectivity index (χ0n) is 12.9. The molecule has 122 valence electrons. The molecule has 2 heterocycles. The molecular formula is C16H19FN4OS. The first-order chi connectivity index (χ1) is 11.1. The number of amides is 1. The zero-order valence-corrected chi connectivity index (χ0v) is 13.7. The van der Waals surface area contributed by atoms with Crippen molar-refractivity contribution < 1.29 is 9.18 Å². The van der Waals surface area contributed by atoms with Crippen molar-refractivity contribution in [2.24, 2.45) is 13.0 Å². The summed E-state index contributed by atoms with van der Waals surface area (Å²) in [7, 11) is 1.89. The van der Waals surface area contributed by atoms with Gasteiger partial charge in [0.2, 0.25) is 5.91 Å². The number of imidazole rings is 1. The highest BCUT2D eigenvalue weighted by Crippen LogP contribution is 2.33. The molecular weight excluding hydrogens is 315 g/mol. The van der Waals surface area contributed by atoms with E-state index in [1.54, 1.807) is 12.3 Å². The van der Waals surface area contributed by atoms with Crippen molar-refractivity contribution in [2.75, 3.05) is 18.4 Å². The monoisotopic (exact) mass is 334 g/mol. The molecule has 0 saturated carbocycles. The molecule has 1 aliphatic rings. The average molecular weight is 334 g/mol. The molecule has 1 atom stereocenters. The van der Waals surface area contributed by atoms with E-state index < -0.39 is 0 Å². The van der Waals surface area contributed by atoms with Gasteiger partial charge in [0.25, 0.3) is 0 Å². The number of nitrogens with zero attached hydrogens (tertiary/aromatic N) is 2. The molecule has 0 spiro atoms. The van der Waals surface area contributed by atoms with Crippen molar-refractivity contribution in [1.29, 1.82) is 0 Å². The van der Waals surface area contributed by atoms with E-state index in [0.29, 0.717) is 12.2 Å². The Kier molecular flexibility index (Phi) is 4.97. The summed E-state index contributed by atoms with van der Waals surface area (Å²) >= 11 is 1.40. The standard InChI is InChI=1S/C16H19FN4OS/c1-21-8-7-19-16(21)23-14-5-4-12(17)9-13(14)20-15(22)11-3-2-6-18-10-11/h4-5,7-9,11,18H,2-3,6,10H2,1H3,(H,20,22). The maximum Gasteiger partial charge on any atom is 0.228 e. The normalized spacial score (nSPS) is 17.9. The molecule has 1 aliphatic heterocycles. The lowest BCUT2D eigenvalue weighted by atomic mass is 9.99. The molecule has 0 radical (unpaired) electrons. The SMILES string of the molecule is Cn1ccnc1Sc1ccc(F)cc1NC(=O)C1CCCNC1. The predicted molar refractivity (Wildman–Crippen MR) is 88.0 cm³/mol. The van der Waals surface area contributed by atoms with Crippen molar-refractivity contribution in [1.82, 2.24) is 14.9 Å². The van der Waals surface area contributed by atoms with E-state index in [1.807, 2.05) is 17.8 Å². The Morgan fingerprint density at radius 2 is 2.39 bits per heavy atom. The van der Waals surface area contributed by atoms with Crippen molar-refractivity contribution in [3.8, 4) is 0 Å². The summed E-state index contributed by atoms with van der Waals surface area (Å²) in [5.74, 6) is -0.506. The Balaban J connectivity index is 1.78. The van der Waals surface area contributed by atoms with Crippen LogP contribution in [0.2, 0.25) is 0 Å². The number of aromatic nitrogens is 2. The number of hydrogen-bond acceptors (Lipinski definition) is 4. The van der Waals surface area contributed by atoms with E-state index in [9.17, 15) is 9.18 Å². The number of carbonyl (C=O) groups excluding carboxylic acids is 1. The van der Waals surface area contributed by atoms with Crippen LogP contribution in [-0.2, 0) is 11.8 Å². The second-order valence-corrected chi connectivity index (χ2v) is 6.60. The number of carbonyl (C=O) groups is 1. The number of piperidine rings is 1. The topological polar surface area (TPSA) is 59.0 Å². The van der Waals surface area contributed by atoms with Crippen LogP contribution in [-0.4, -0.2) is 28.5 Å². The summed E-state index contributed by atoms with van der Waals surface area (Å²) in [5, 5.41) is 6.88. The van der Waals surface area contributed by atoms with Gasteiger partial charge in [0, 0.05) is 30.9 Å². The lowest BCUT2D eigenvalue weighted by Gasteiger charge is -2.22. The number of nitrogens with one attached hydrogen (secondary N) is 2. The number of aryl methyl sites for hydroxylation is 1. The molecule has 2 N–H and O–H groups in total. The molecule has 1 saturated heterocycles. The minimum atomic E-state index is -0.369. The molecule has 1 aromatic heterocycles. The van der Waals surface area contributed by atoms with Crippen molar-refractivity contribution in [3.63, 3.8) is 0 Å². The summed E-state index contributed by atoms with van der Waals surface area (Å²) in [6.07, 6.45) is 5.39. The van der Waals surface area contributed by atoms with E-state index in [4.69, 9.17) is 0 Å². The Morgan fingerprint density at radius 1 is 1.52 bits per heavy atom. The van der Waals surface area contributed by atoms with Gasteiger partial charge in [0.15, 0.2) is 5.16 Å². The fraction of sp³-hybridized carbons (Fsp3) is 0.375. The molecule has 0 aliphatic carbocycles. The summed E-state index contributed by atoms with van der Waals surface area (Å²) < 4.78 is 15.5. The third-order valence-corrected chi connectivity index (χ3v) is 5.00. The summed E-state index contributed by atoms with van der Waals surface area (Å²) in [6.45, 7) is 1.62. The van der Waals surface area contributed by atoms with Crippen LogP contribution in [0.4, 0.5) is 10.1 Å². The van der Waals surface area contributed by atoms with Crippen LogP contribution in [0.15, 0.2) is 40.6 Å². The third kappa shape index (κ3) is 3.92. The van der Waals surface area contributed by atoms with Crippen LogP contribution in [0.1, 0.15) is 12.8 Å². The number of halogens is 1. The van der Waals surface area contributed by atoms with E-state index in [0.717, 1.165) is 29.4 Å². The van der Waals surface area contributed by atoms with Gasteiger partial charge in [-0.15, -0.1) is 0 Å². The van der Waals surface area contributed by atoms with Crippen LogP contribution < -0.4 is 10.6 Å². The van der Waals surface area contributed by atoms with Gasteiger partial charge < -0.3 is 15.2 Å². The number of anilines is 1. The van der Waals surface area contributed by atoms with Gasteiger partial charge in [-0.2, -0.15) is 0 Å². The molecule has 1 fully saturated rings. The van der Waals surface area contributed by atoms with Crippen LogP contribution in [0.25, 0.3) is 0 Å². The molecule has 1 amide bonds. The first-order valence-electron chi connectivity index (χ1n) is 7.60. The van der Waals surface area contributed by atoms with Gasteiger partial charge in [-0.1, -0.05) is 0 Å². The number of hydrogen-bond donors (Lipinski definition) is 2. The molecule has 2 aromatic rings. The lowest BCUT2D eigenvalue weighted by Crippen LogP contribution is -2.37. The fourth-order valence-corrected chi connectivity index (χ4v) is 3.42. The Hall–Kier alpha value is -1.86. The van der Waals surface area contributed by atoms with Crippen LogP contribution in [0, 0.1) is 11.7 Å². The molecule has 3 rings (SSSR count). The van der Waals surface area contributed by atoms with Gasteiger partial charge in [0.05, 0.1) is 11.6 Å². The molecule has 23 heavy (non-hydrogen) atoms. The Labute approximate surface area is 138 Å². The van der Waals surface area contributed by atoms with E-state index >= 15 is 0 Å². The summed E-state index contributed by atoms with van der Waals surface area (Å²) in [4.78, 5) is 17.4. The van der Waals surface area contributed by atoms with Crippen molar-refractivity contribution in [3.05, 3.63) is 36.4 Å². The second kappa shape index (κ2) is 7.14. The first-order valence-corrected chi connectivity index (χ1v) is 8.41. The van der Waals surface area contributed by atoms with Crippen LogP contribution in [0.5, 0.6) is 0 Å². The molecule has 7 heteroatoms. The quantitative estimate of drug-likeness (QED) is 0.902. The summed E-state index contributed by atoms with van der Waals surface area (Å²) in [5.41, 5.74) is 0.494. The van der Waals surface area contributed by atoms with Gasteiger partial charge in [0.1, 0.15) is 5.82 Å². The number of benzene rings is 1. The minimum absolute atomic E-state index is 0.0653. The predicted octanol–water partition coefficient (Wildman–Crippen LogP) is 2.65. The molecule has 0 bridgehead atoms. The number of rotatable bonds is 4. The van der Waals surface area contributed by atoms with Crippen LogP contribution in [0.3, 0.4) is 0 Å². The van der Waals surface area contributed by atoms with Crippen molar-refractivity contribution in [2.45, 2.75) is 22.9 Å². The fourth-order valence-electron chi connectivity index (χ4n) is 2.55. The zero-order chi connectivity index (χ0) is 16.2. The lowest BCUT2D eigenvalue weighted by molar-refractivity contribution is -0.120. The van der Waals surface area contributed by atoms with Gasteiger partial charge in [-0.05, 0) is 49.3 Å². The Bertz CT molecular complexity index is 697. The first kappa shape index (κ1) is 16.0. The van der Waals surface area contributed by atoms with E-state index in [2.05, 4.69) is 15.6 Å². The molecule has 5 nitrogen and oxygen atoms in total. The Morgan fingerprint density at radius 3 is 3.09 bits per heavy atom. The maximum atomic E-state index is 13.6. The van der Waals surface area contributed by atoms with Gasteiger partial charge >= 0.3 is 0 Å². The molecule has 1 unspecified atom stereocenters. The minimum Gasteiger partial charge on any atom is -0.329 e. The van der Waals surface area contributed by atoms with E-state index in [1.165, 1.54) is 23.9 Å². The van der Waals surface area contributed by atoms with Gasteiger partial charge in [-0.25, -0.2) is 9.37 Å².